The van der Waals surface area contributed by atoms with E-state index < -0.39 is 5.97 Å². The highest BCUT2D eigenvalue weighted by Crippen LogP contribution is 2.20. The van der Waals surface area contributed by atoms with Gasteiger partial charge in [-0.15, -0.1) is 0 Å². The Labute approximate surface area is 88.6 Å². The number of rotatable bonds is 3. The molecule has 0 unspecified atom stereocenters. The number of oxime groups is 1. The number of hydrogen-bond donors (Lipinski definition) is 0. The first kappa shape index (κ1) is 11.5. The molecule has 0 N–H and O–H groups in total. The first-order chi connectivity index (χ1) is 7.27. The molecule has 0 amide bonds. The van der Waals surface area contributed by atoms with Crippen LogP contribution >= 0.6 is 0 Å². The minimum atomic E-state index is -0.756. The van der Waals surface area contributed by atoms with Crippen LogP contribution in [-0.2, 0) is 14.4 Å². The Morgan fingerprint density at radius 1 is 1.40 bits per heavy atom. The molecule has 5 nitrogen and oxygen atoms in total. The molecule has 0 aromatic heterocycles. The number of carbonyl (C=O) groups excluding carboxylic acids is 1. The van der Waals surface area contributed by atoms with E-state index in [9.17, 15) is 4.79 Å². The Hall–Kier alpha value is -1.57. The van der Waals surface area contributed by atoms with Crippen molar-refractivity contribution < 1.29 is 14.4 Å². The summed E-state index contributed by atoms with van der Waals surface area (Å²) in [4.78, 5) is 16.1. The van der Waals surface area contributed by atoms with Gasteiger partial charge in [0.1, 0.15) is 12.2 Å². The van der Waals surface area contributed by atoms with Gasteiger partial charge in [-0.25, -0.2) is 4.79 Å². The fraction of sp³-hybridized carbons (Fsp3) is 0.700. The molecule has 1 rings (SSSR count). The number of methoxy groups -OCH3 is 1. The number of ether oxygens (including phenoxy) is 1. The second-order valence-electron chi connectivity index (χ2n) is 3.41. The Balaban J connectivity index is 2.46. The lowest BCUT2D eigenvalue weighted by atomic mass is 9.98. The molecule has 0 aromatic carbocycles. The van der Waals surface area contributed by atoms with Crippen LogP contribution in [0.15, 0.2) is 5.16 Å². The van der Waals surface area contributed by atoms with E-state index in [4.69, 9.17) is 10.1 Å². The lowest BCUT2D eigenvalue weighted by Gasteiger charge is -2.18. The van der Waals surface area contributed by atoms with Gasteiger partial charge in [-0.1, -0.05) is 11.6 Å². The van der Waals surface area contributed by atoms with Gasteiger partial charge in [0.15, 0.2) is 0 Å². The normalized spacial score (nSPS) is 18.0. The Bertz CT molecular complexity index is 288. The molecule has 0 radical (unpaired) electrons. The molecule has 5 heteroatoms. The van der Waals surface area contributed by atoms with Gasteiger partial charge in [-0.05, 0) is 25.7 Å². The van der Waals surface area contributed by atoms with E-state index in [0.29, 0.717) is 0 Å². The second-order valence-corrected chi connectivity index (χ2v) is 3.41. The first-order valence-corrected chi connectivity index (χ1v) is 5.00. The molecular weight excluding hydrogens is 196 g/mol. The van der Waals surface area contributed by atoms with E-state index in [1.165, 1.54) is 13.5 Å². The summed E-state index contributed by atoms with van der Waals surface area (Å²) in [6.45, 7) is 0. The van der Waals surface area contributed by atoms with Crippen LogP contribution in [0.2, 0.25) is 0 Å². The lowest BCUT2D eigenvalue weighted by Crippen LogP contribution is -2.18. The van der Waals surface area contributed by atoms with Crippen LogP contribution in [0, 0.1) is 11.3 Å². The average Bonchev–Trinajstić information content (AvgIpc) is 2.31. The van der Waals surface area contributed by atoms with E-state index in [1.807, 2.05) is 0 Å². The van der Waals surface area contributed by atoms with Gasteiger partial charge < -0.3 is 9.57 Å². The third kappa shape index (κ3) is 3.58. The molecule has 0 aliphatic heterocycles. The number of nitriles is 1. The van der Waals surface area contributed by atoms with Crippen LogP contribution in [0.3, 0.4) is 0 Å². The highest BCUT2D eigenvalue weighted by molar-refractivity contribution is 6.42. The van der Waals surface area contributed by atoms with Crippen molar-refractivity contribution in [1.29, 1.82) is 5.26 Å². The number of nitrogens with zero attached hydrogens (tertiary/aromatic N) is 2. The van der Waals surface area contributed by atoms with Crippen molar-refractivity contribution in [2.45, 2.75) is 38.2 Å². The smallest absolute Gasteiger partial charge is 0.371 e. The highest BCUT2D eigenvalue weighted by atomic mass is 16.6. The topological polar surface area (TPSA) is 71.7 Å². The summed E-state index contributed by atoms with van der Waals surface area (Å²) in [7, 11) is 1.20. The zero-order valence-corrected chi connectivity index (χ0v) is 8.73. The van der Waals surface area contributed by atoms with Crippen molar-refractivity contribution in [2.24, 2.45) is 5.16 Å². The molecular formula is C10H14N2O3. The molecule has 0 bridgehead atoms. The highest BCUT2D eigenvalue weighted by Gasteiger charge is 2.17. The van der Waals surface area contributed by atoms with Gasteiger partial charge in [0.2, 0.25) is 0 Å². The fourth-order valence-electron chi connectivity index (χ4n) is 1.50. The molecule has 0 aromatic rings. The Kier molecular flexibility index (Phi) is 4.61. The van der Waals surface area contributed by atoms with Crippen molar-refractivity contribution >= 4 is 11.7 Å². The van der Waals surface area contributed by atoms with Crippen molar-refractivity contribution in [3.05, 3.63) is 0 Å². The average molecular weight is 210 g/mol. The summed E-state index contributed by atoms with van der Waals surface area (Å²) in [6.07, 6.45) is 5.34. The van der Waals surface area contributed by atoms with Gasteiger partial charge in [0, 0.05) is 0 Å². The molecule has 0 saturated heterocycles. The molecule has 15 heavy (non-hydrogen) atoms. The third-order valence-corrected chi connectivity index (χ3v) is 2.33. The SMILES string of the molecule is COC(=O)C(C#N)=NOC1CCCCC1. The van der Waals surface area contributed by atoms with Gasteiger partial charge in [0.25, 0.3) is 5.71 Å². The van der Waals surface area contributed by atoms with Gasteiger partial charge in [-0.2, -0.15) is 5.26 Å². The van der Waals surface area contributed by atoms with Crippen molar-refractivity contribution in [3.8, 4) is 6.07 Å². The van der Waals surface area contributed by atoms with Crippen molar-refractivity contribution in [1.82, 2.24) is 0 Å². The van der Waals surface area contributed by atoms with Crippen molar-refractivity contribution in [3.63, 3.8) is 0 Å². The molecule has 1 aliphatic carbocycles. The summed E-state index contributed by atoms with van der Waals surface area (Å²) in [5.41, 5.74) is -0.330. The van der Waals surface area contributed by atoms with Gasteiger partial charge in [0.05, 0.1) is 7.11 Å². The predicted molar refractivity (Wildman–Crippen MR) is 53.0 cm³/mol. The Morgan fingerprint density at radius 3 is 2.60 bits per heavy atom. The maximum atomic E-state index is 11.0. The molecule has 82 valence electrons. The first-order valence-electron chi connectivity index (χ1n) is 5.00. The summed E-state index contributed by atoms with van der Waals surface area (Å²) in [5.74, 6) is -0.756. The molecule has 1 fully saturated rings. The zero-order valence-electron chi connectivity index (χ0n) is 8.73. The van der Waals surface area contributed by atoms with Crippen LogP contribution in [-0.4, -0.2) is 24.9 Å². The largest absolute Gasteiger partial charge is 0.464 e. The number of hydrogen-bond acceptors (Lipinski definition) is 5. The maximum Gasteiger partial charge on any atom is 0.371 e. The van der Waals surface area contributed by atoms with Gasteiger partial charge in [-0.3, -0.25) is 0 Å². The zero-order chi connectivity index (χ0) is 11.1. The molecule has 0 spiro atoms. The summed E-state index contributed by atoms with van der Waals surface area (Å²) in [5, 5.41) is 12.1. The van der Waals surface area contributed by atoms with E-state index in [2.05, 4.69) is 9.89 Å². The molecule has 0 atom stereocenters. The van der Waals surface area contributed by atoms with Crippen LogP contribution in [0.1, 0.15) is 32.1 Å². The maximum absolute atomic E-state index is 11.0. The Morgan fingerprint density at radius 2 is 2.07 bits per heavy atom. The van der Waals surface area contributed by atoms with E-state index in [-0.39, 0.29) is 11.8 Å². The third-order valence-electron chi connectivity index (χ3n) is 2.33. The van der Waals surface area contributed by atoms with Crippen LogP contribution in [0.4, 0.5) is 0 Å². The summed E-state index contributed by atoms with van der Waals surface area (Å²) < 4.78 is 4.37. The minimum Gasteiger partial charge on any atom is -0.464 e. The lowest BCUT2D eigenvalue weighted by molar-refractivity contribution is -0.132. The quantitative estimate of drug-likeness (QED) is 0.401. The van der Waals surface area contributed by atoms with Crippen LogP contribution < -0.4 is 0 Å². The summed E-state index contributed by atoms with van der Waals surface area (Å²) >= 11 is 0. The van der Waals surface area contributed by atoms with E-state index in [0.717, 1.165) is 25.7 Å². The second kappa shape index (κ2) is 6.02. The standard InChI is InChI=1S/C10H14N2O3/c1-14-10(13)9(7-11)12-15-8-5-3-2-4-6-8/h8H,2-6H2,1H3. The van der Waals surface area contributed by atoms with Crippen LogP contribution in [0.5, 0.6) is 0 Å². The fourth-order valence-corrected chi connectivity index (χ4v) is 1.50. The molecule has 1 saturated carbocycles. The molecule has 0 heterocycles. The van der Waals surface area contributed by atoms with Crippen molar-refractivity contribution in [2.75, 3.05) is 7.11 Å². The minimum absolute atomic E-state index is 0.0340. The van der Waals surface area contributed by atoms with Gasteiger partial charge >= 0.3 is 5.97 Å². The van der Waals surface area contributed by atoms with Crippen LogP contribution in [0.25, 0.3) is 0 Å². The van der Waals surface area contributed by atoms with E-state index >= 15 is 0 Å². The number of carbonyl (C=O) groups is 1. The summed E-state index contributed by atoms with van der Waals surface area (Å²) in [6, 6.07) is 1.64. The molecule has 1 aliphatic rings. The predicted octanol–water partition coefficient (Wildman–Crippen LogP) is 1.39. The monoisotopic (exact) mass is 210 g/mol. The number of esters is 1. The van der Waals surface area contributed by atoms with E-state index in [1.54, 1.807) is 6.07 Å².